The summed E-state index contributed by atoms with van der Waals surface area (Å²) in [7, 11) is 0. The molecule has 0 aromatic rings. The molecule has 1 aliphatic rings. The Morgan fingerprint density at radius 3 is 2.17 bits per heavy atom. The molecule has 5 heteroatoms. The molecule has 0 atom stereocenters. The normalized spacial score (nSPS) is 19.5. The van der Waals surface area contributed by atoms with Gasteiger partial charge in [-0.1, -0.05) is 38.3 Å². The minimum atomic E-state index is -1.23. The summed E-state index contributed by atoms with van der Waals surface area (Å²) in [6.45, 7) is 5.62. The highest BCUT2D eigenvalue weighted by Crippen LogP contribution is 2.34. The smallest absolute Gasteiger partial charge is 0.277 e. The minimum absolute atomic E-state index is 0.340. The number of amides is 4. The average Bonchev–Trinajstić information content (AvgIpc) is 2.29. The highest BCUT2D eigenvalue weighted by molar-refractivity contribution is 6.21. The number of rotatable bonds is 5. The number of unbranched alkanes of at least 4 members (excludes halogenated alkanes) is 2. The standard InChI is InChI=1S/C13H20N2O3/c1-4-6-7-8-9(3)13(5-2)10(16)14-12(18)15-11(13)17/h8H,4-7H2,1-3H3,(H2,14,15,16,17,18). The van der Waals surface area contributed by atoms with Crippen LogP contribution in [0, 0.1) is 5.41 Å². The van der Waals surface area contributed by atoms with Crippen LogP contribution in [0.3, 0.4) is 0 Å². The van der Waals surface area contributed by atoms with Gasteiger partial charge < -0.3 is 0 Å². The van der Waals surface area contributed by atoms with E-state index in [1.807, 2.05) is 6.08 Å². The van der Waals surface area contributed by atoms with E-state index < -0.39 is 23.3 Å². The lowest BCUT2D eigenvalue weighted by Crippen LogP contribution is -2.62. The van der Waals surface area contributed by atoms with Gasteiger partial charge in [-0.25, -0.2) is 4.79 Å². The Kier molecular flexibility index (Phi) is 4.64. The first-order chi connectivity index (χ1) is 8.48. The maximum Gasteiger partial charge on any atom is 0.328 e. The number of nitrogens with one attached hydrogen (secondary N) is 2. The SMILES string of the molecule is CCCCC=C(C)C1(CC)C(=O)NC(=O)NC1=O. The second kappa shape index (κ2) is 5.80. The fourth-order valence-electron chi connectivity index (χ4n) is 2.21. The molecule has 1 rings (SSSR count). The molecule has 0 radical (unpaired) electrons. The van der Waals surface area contributed by atoms with E-state index in [9.17, 15) is 14.4 Å². The molecule has 100 valence electrons. The highest BCUT2D eigenvalue weighted by atomic mass is 16.2. The predicted molar refractivity (Wildman–Crippen MR) is 67.7 cm³/mol. The zero-order chi connectivity index (χ0) is 13.8. The van der Waals surface area contributed by atoms with Crippen LogP contribution in [-0.2, 0) is 9.59 Å². The van der Waals surface area contributed by atoms with Gasteiger partial charge >= 0.3 is 6.03 Å². The van der Waals surface area contributed by atoms with Crippen molar-refractivity contribution >= 4 is 17.8 Å². The van der Waals surface area contributed by atoms with Crippen LogP contribution in [0.25, 0.3) is 0 Å². The molecule has 4 amide bonds. The van der Waals surface area contributed by atoms with Crippen LogP contribution in [0.5, 0.6) is 0 Å². The first kappa shape index (κ1) is 14.4. The predicted octanol–water partition coefficient (Wildman–Crippen LogP) is 1.89. The topological polar surface area (TPSA) is 75.3 Å². The number of imide groups is 2. The summed E-state index contributed by atoms with van der Waals surface area (Å²) in [4.78, 5) is 35.1. The average molecular weight is 252 g/mol. The number of allylic oxidation sites excluding steroid dienone is 1. The lowest BCUT2D eigenvalue weighted by Gasteiger charge is -2.34. The fraction of sp³-hybridized carbons (Fsp3) is 0.615. The summed E-state index contributed by atoms with van der Waals surface area (Å²) in [5.41, 5.74) is -0.525. The number of carbonyl (C=O) groups excluding carboxylic acids is 3. The second-order valence-electron chi connectivity index (χ2n) is 4.53. The summed E-state index contributed by atoms with van der Waals surface area (Å²) in [6.07, 6.45) is 5.16. The lowest BCUT2D eigenvalue weighted by atomic mass is 9.75. The van der Waals surface area contributed by atoms with Gasteiger partial charge in [0.15, 0.2) is 0 Å². The number of barbiturate groups is 1. The third-order valence-electron chi connectivity index (χ3n) is 3.44. The molecule has 0 spiro atoms. The van der Waals surface area contributed by atoms with Crippen molar-refractivity contribution < 1.29 is 14.4 Å². The van der Waals surface area contributed by atoms with Crippen LogP contribution >= 0.6 is 0 Å². The van der Waals surface area contributed by atoms with Crippen LogP contribution < -0.4 is 10.6 Å². The molecular weight excluding hydrogens is 232 g/mol. The Morgan fingerprint density at radius 1 is 1.17 bits per heavy atom. The van der Waals surface area contributed by atoms with Gasteiger partial charge in [-0.2, -0.15) is 0 Å². The molecule has 1 heterocycles. The monoisotopic (exact) mass is 252 g/mol. The Bertz CT molecular complexity index is 379. The summed E-state index contributed by atoms with van der Waals surface area (Å²) < 4.78 is 0. The molecule has 5 nitrogen and oxygen atoms in total. The quantitative estimate of drug-likeness (QED) is 0.445. The van der Waals surface area contributed by atoms with Crippen molar-refractivity contribution in [2.24, 2.45) is 5.41 Å². The van der Waals surface area contributed by atoms with E-state index in [4.69, 9.17) is 0 Å². The number of carbonyl (C=O) groups is 3. The highest BCUT2D eigenvalue weighted by Gasteiger charge is 2.49. The van der Waals surface area contributed by atoms with Crippen molar-refractivity contribution in [3.63, 3.8) is 0 Å². The van der Waals surface area contributed by atoms with Crippen molar-refractivity contribution in [1.82, 2.24) is 10.6 Å². The van der Waals surface area contributed by atoms with Crippen molar-refractivity contribution in [2.75, 3.05) is 0 Å². The Hall–Kier alpha value is -1.65. The minimum Gasteiger partial charge on any atom is -0.277 e. The molecule has 0 unspecified atom stereocenters. The first-order valence-electron chi connectivity index (χ1n) is 6.33. The molecule has 2 N–H and O–H groups in total. The van der Waals surface area contributed by atoms with Crippen LogP contribution in [-0.4, -0.2) is 17.8 Å². The first-order valence-corrected chi connectivity index (χ1v) is 6.33. The van der Waals surface area contributed by atoms with E-state index in [2.05, 4.69) is 17.6 Å². The molecule has 0 saturated carbocycles. The van der Waals surface area contributed by atoms with Gasteiger partial charge in [-0.15, -0.1) is 0 Å². The summed E-state index contributed by atoms with van der Waals surface area (Å²) >= 11 is 0. The lowest BCUT2D eigenvalue weighted by molar-refractivity contribution is -0.141. The molecule has 1 aliphatic heterocycles. The largest absolute Gasteiger partial charge is 0.328 e. The summed E-state index contributed by atoms with van der Waals surface area (Å²) in [5.74, 6) is -1.05. The van der Waals surface area contributed by atoms with Crippen LogP contribution in [0.15, 0.2) is 11.6 Å². The van der Waals surface area contributed by atoms with E-state index in [1.165, 1.54) is 0 Å². The maximum atomic E-state index is 12.0. The second-order valence-corrected chi connectivity index (χ2v) is 4.53. The fourth-order valence-corrected chi connectivity index (χ4v) is 2.21. The molecule has 0 bridgehead atoms. The molecule has 1 fully saturated rings. The number of hydrogen-bond acceptors (Lipinski definition) is 3. The molecule has 1 saturated heterocycles. The number of urea groups is 1. The van der Waals surface area contributed by atoms with Crippen molar-refractivity contribution in [3.8, 4) is 0 Å². The van der Waals surface area contributed by atoms with E-state index in [1.54, 1.807) is 13.8 Å². The molecule has 0 aromatic heterocycles. The van der Waals surface area contributed by atoms with Gasteiger partial charge in [0, 0.05) is 0 Å². The molecule has 0 aromatic carbocycles. The van der Waals surface area contributed by atoms with Gasteiger partial charge in [0.05, 0.1) is 0 Å². The van der Waals surface area contributed by atoms with E-state index in [0.717, 1.165) is 19.3 Å². The van der Waals surface area contributed by atoms with E-state index in [-0.39, 0.29) is 0 Å². The Balaban J connectivity index is 3.03. The van der Waals surface area contributed by atoms with Gasteiger partial charge in [-0.3, -0.25) is 20.2 Å². The van der Waals surface area contributed by atoms with Gasteiger partial charge in [-0.05, 0) is 19.8 Å². The Labute approximate surface area is 107 Å². The van der Waals surface area contributed by atoms with Crippen molar-refractivity contribution in [2.45, 2.75) is 46.5 Å². The molecular formula is C13H20N2O3. The van der Waals surface area contributed by atoms with E-state index >= 15 is 0 Å². The van der Waals surface area contributed by atoms with Crippen molar-refractivity contribution in [3.05, 3.63) is 11.6 Å². The van der Waals surface area contributed by atoms with Gasteiger partial charge in [0.1, 0.15) is 5.41 Å². The van der Waals surface area contributed by atoms with Gasteiger partial charge in [0.25, 0.3) is 0 Å². The molecule has 0 aliphatic carbocycles. The zero-order valence-electron chi connectivity index (χ0n) is 11.1. The third-order valence-corrected chi connectivity index (χ3v) is 3.44. The van der Waals surface area contributed by atoms with E-state index in [0.29, 0.717) is 12.0 Å². The van der Waals surface area contributed by atoms with Gasteiger partial charge in [0.2, 0.25) is 11.8 Å². The van der Waals surface area contributed by atoms with Crippen molar-refractivity contribution in [1.29, 1.82) is 0 Å². The third kappa shape index (κ3) is 2.44. The summed E-state index contributed by atoms with van der Waals surface area (Å²) in [5, 5.41) is 4.34. The van der Waals surface area contributed by atoms with Crippen LogP contribution in [0.2, 0.25) is 0 Å². The Morgan fingerprint density at radius 2 is 1.72 bits per heavy atom. The van der Waals surface area contributed by atoms with Crippen LogP contribution in [0.1, 0.15) is 46.5 Å². The number of hydrogen-bond donors (Lipinski definition) is 2. The summed E-state index contributed by atoms with van der Waals surface area (Å²) in [6, 6.07) is -0.740. The molecule has 18 heavy (non-hydrogen) atoms. The zero-order valence-corrected chi connectivity index (χ0v) is 11.1. The maximum absolute atomic E-state index is 12.0. The van der Waals surface area contributed by atoms with Crippen LogP contribution in [0.4, 0.5) is 4.79 Å².